The number of carboxylic acid groups (broad SMARTS) is 1. The van der Waals surface area contributed by atoms with Crippen LogP contribution in [0.25, 0.3) is 10.8 Å². The predicted octanol–water partition coefficient (Wildman–Crippen LogP) is 4.97. The molecule has 0 saturated heterocycles. The van der Waals surface area contributed by atoms with Crippen molar-refractivity contribution < 1.29 is 14.7 Å². The van der Waals surface area contributed by atoms with Gasteiger partial charge in [0.05, 0.1) is 12.5 Å². The van der Waals surface area contributed by atoms with Crippen LogP contribution in [0.15, 0.2) is 72.8 Å². The highest BCUT2D eigenvalue weighted by molar-refractivity contribution is 5.83. The zero-order valence-corrected chi connectivity index (χ0v) is 16.2. The summed E-state index contributed by atoms with van der Waals surface area (Å²) >= 11 is 0. The van der Waals surface area contributed by atoms with Crippen molar-refractivity contribution in [1.82, 2.24) is 5.48 Å². The Morgan fingerprint density at radius 3 is 2.39 bits per heavy atom. The molecule has 3 rings (SSSR count). The number of hydroxylamine groups is 1. The van der Waals surface area contributed by atoms with Crippen LogP contribution in [0.2, 0.25) is 0 Å². The summed E-state index contributed by atoms with van der Waals surface area (Å²) in [5, 5.41) is 12.1. The molecule has 4 heteroatoms. The SMILES string of the molecule is CC[C@@H](NOCc1ccccc1)[C@@H](CCc1ccc2ccccc2c1)C(=O)O. The van der Waals surface area contributed by atoms with E-state index in [9.17, 15) is 9.90 Å². The Morgan fingerprint density at radius 1 is 0.964 bits per heavy atom. The molecule has 0 fully saturated rings. The molecular weight excluding hydrogens is 350 g/mol. The van der Waals surface area contributed by atoms with Crippen molar-refractivity contribution in [2.24, 2.45) is 5.92 Å². The Hall–Kier alpha value is -2.69. The summed E-state index contributed by atoms with van der Waals surface area (Å²) in [6.45, 7) is 2.39. The molecule has 0 spiro atoms. The quantitative estimate of drug-likeness (QED) is 0.490. The lowest BCUT2D eigenvalue weighted by molar-refractivity contribution is -0.145. The molecule has 0 amide bonds. The minimum absolute atomic E-state index is 0.235. The second-order valence-corrected chi connectivity index (χ2v) is 7.07. The number of aryl methyl sites for hydroxylation is 1. The summed E-state index contributed by atoms with van der Waals surface area (Å²) in [5.41, 5.74) is 5.19. The van der Waals surface area contributed by atoms with E-state index in [0.717, 1.165) is 17.5 Å². The van der Waals surface area contributed by atoms with Crippen molar-refractivity contribution in [2.45, 2.75) is 38.8 Å². The number of aliphatic carboxylic acids is 1. The molecule has 0 radical (unpaired) electrons. The maximum atomic E-state index is 11.9. The van der Waals surface area contributed by atoms with Crippen LogP contribution in [0.1, 0.15) is 30.9 Å². The van der Waals surface area contributed by atoms with E-state index < -0.39 is 11.9 Å². The molecule has 2 atom stereocenters. The number of carboxylic acids is 1. The lowest BCUT2D eigenvalue weighted by atomic mass is 9.91. The van der Waals surface area contributed by atoms with Crippen LogP contribution in [0, 0.1) is 5.92 Å². The van der Waals surface area contributed by atoms with Gasteiger partial charge < -0.3 is 5.11 Å². The Balaban J connectivity index is 1.59. The van der Waals surface area contributed by atoms with Crippen molar-refractivity contribution in [3.05, 3.63) is 83.9 Å². The van der Waals surface area contributed by atoms with E-state index in [0.29, 0.717) is 19.4 Å². The normalized spacial score (nSPS) is 13.3. The van der Waals surface area contributed by atoms with Gasteiger partial charge >= 0.3 is 5.97 Å². The van der Waals surface area contributed by atoms with E-state index in [-0.39, 0.29) is 6.04 Å². The second-order valence-electron chi connectivity index (χ2n) is 7.07. The number of hydrogen-bond donors (Lipinski definition) is 2. The third-order valence-corrected chi connectivity index (χ3v) is 5.12. The second kappa shape index (κ2) is 10.0. The minimum atomic E-state index is -0.788. The van der Waals surface area contributed by atoms with Gasteiger partial charge in [0.15, 0.2) is 0 Å². The molecule has 0 bridgehead atoms. The van der Waals surface area contributed by atoms with Crippen molar-refractivity contribution >= 4 is 16.7 Å². The van der Waals surface area contributed by atoms with E-state index in [1.807, 2.05) is 49.4 Å². The van der Waals surface area contributed by atoms with Gasteiger partial charge in [-0.3, -0.25) is 9.63 Å². The van der Waals surface area contributed by atoms with Crippen molar-refractivity contribution in [3.8, 4) is 0 Å². The lowest BCUT2D eigenvalue weighted by Gasteiger charge is -2.24. The van der Waals surface area contributed by atoms with Crippen molar-refractivity contribution in [3.63, 3.8) is 0 Å². The van der Waals surface area contributed by atoms with Gasteiger partial charge in [-0.2, -0.15) is 5.48 Å². The number of fused-ring (bicyclic) bond motifs is 1. The molecule has 3 aromatic rings. The maximum absolute atomic E-state index is 11.9. The molecule has 4 nitrogen and oxygen atoms in total. The Bertz CT molecular complexity index is 895. The predicted molar refractivity (Wildman–Crippen MR) is 112 cm³/mol. The Labute approximate surface area is 166 Å². The highest BCUT2D eigenvalue weighted by Gasteiger charge is 2.27. The van der Waals surface area contributed by atoms with Crippen LogP contribution in [0.5, 0.6) is 0 Å². The summed E-state index contributed by atoms with van der Waals surface area (Å²) < 4.78 is 0. The number of rotatable bonds is 10. The van der Waals surface area contributed by atoms with Crippen LogP contribution in [0.4, 0.5) is 0 Å². The first-order valence-electron chi connectivity index (χ1n) is 9.79. The van der Waals surface area contributed by atoms with Gasteiger partial charge in [-0.25, -0.2) is 0 Å². The first-order chi connectivity index (χ1) is 13.7. The monoisotopic (exact) mass is 377 g/mol. The summed E-state index contributed by atoms with van der Waals surface area (Å²) in [7, 11) is 0. The van der Waals surface area contributed by atoms with Crippen molar-refractivity contribution in [2.75, 3.05) is 0 Å². The van der Waals surface area contributed by atoms with Gasteiger partial charge in [0.25, 0.3) is 0 Å². The molecule has 0 unspecified atom stereocenters. The summed E-state index contributed by atoms with van der Waals surface area (Å²) in [6.07, 6.45) is 1.97. The molecule has 2 N–H and O–H groups in total. The van der Waals surface area contributed by atoms with Gasteiger partial charge in [-0.1, -0.05) is 79.7 Å². The van der Waals surface area contributed by atoms with Crippen LogP contribution in [-0.4, -0.2) is 17.1 Å². The Kier molecular flexibility index (Phi) is 7.18. The average Bonchev–Trinajstić information content (AvgIpc) is 2.73. The lowest BCUT2D eigenvalue weighted by Crippen LogP contribution is -2.40. The van der Waals surface area contributed by atoms with Crippen LogP contribution < -0.4 is 5.48 Å². The summed E-state index contributed by atoms with van der Waals surface area (Å²) in [6, 6.07) is 24.1. The maximum Gasteiger partial charge on any atom is 0.308 e. The molecule has 0 aliphatic rings. The fourth-order valence-electron chi connectivity index (χ4n) is 3.47. The zero-order valence-electron chi connectivity index (χ0n) is 16.2. The molecule has 3 aromatic carbocycles. The molecule has 28 heavy (non-hydrogen) atoms. The fraction of sp³-hybridized carbons (Fsp3) is 0.292. The van der Waals surface area contributed by atoms with E-state index in [4.69, 9.17) is 4.84 Å². The van der Waals surface area contributed by atoms with E-state index in [2.05, 4.69) is 35.8 Å². The van der Waals surface area contributed by atoms with E-state index >= 15 is 0 Å². The summed E-state index contributed by atoms with van der Waals surface area (Å²) in [4.78, 5) is 17.5. The van der Waals surface area contributed by atoms with E-state index in [1.165, 1.54) is 10.8 Å². The van der Waals surface area contributed by atoms with Gasteiger partial charge in [0.1, 0.15) is 0 Å². The van der Waals surface area contributed by atoms with Gasteiger partial charge in [0, 0.05) is 6.04 Å². The molecule has 146 valence electrons. The first kappa shape index (κ1) is 20.1. The number of hydrogen-bond acceptors (Lipinski definition) is 3. The molecular formula is C24H27NO3. The van der Waals surface area contributed by atoms with E-state index in [1.54, 1.807) is 0 Å². The number of carbonyl (C=O) groups is 1. The molecule has 0 heterocycles. The standard InChI is InChI=1S/C24H27NO3/c1-2-23(25-28-17-19-8-4-3-5-9-19)22(24(26)27)15-13-18-12-14-20-10-6-7-11-21(20)16-18/h3-12,14,16,22-23,25H,2,13,15,17H2,1H3,(H,26,27)/t22-,23-/m1/s1. The minimum Gasteiger partial charge on any atom is -0.481 e. The molecule has 0 aromatic heterocycles. The third kappa shape index (κ3) is 5.41. The smallest absolute Gasteiger partial charge is 0.308 e. The van der Waals surface area contributed by atoms with Gasteiger partial charge in [0.2, 0.25) is 0 Å². The van der Waals surface area contributed by atoms with Crippen LogP contribution in [-0.2, 0) is 22.7 Å². The highest BCUT2D eigenvalue weighted by atomic mass is 16.6. The third-order valence-electron chi connectivity index (χ3n) is 5.12. The molecule has 0 aliphatic heterocycles. The molecule has 0 aliphatic carbocycles. The van der Waals surface area contributed by atoms with Gasteiger partial charge in [-0.05, 0) is 41.2 Å². The number of benzene rings is 3. The first-order valence-corrected chi connectivity index (χ1v) is 9.79. The summed E-state index contributed by atoms with van der Waals surface area (Å²) in [5.74, 6) is -1.30. The van der Waals surface area contributed by atoms with Crippen LogP contribution >= 0.6 is 0 Å². The largest absolute Gasteiger partial charge is 0.481 e. The zero-order chi connectivity index (χ0) is 19.8. The average molecular weight is 377 g/mol. The Morgan fingerprint density at radius 2 is 1.68 bits per heavy atom. The van der Waals surface area contributed by atoms with Crippen LogP contribution in [0.3, 0.4) is 0 Å². The van der Waals surface area contributed by atoms with Gasteiger partial charge in [-0.15, -0.1) is 0 Å². The van der Waals surface area contributed by atoms with Crippen molar-refractivity contribution in [1.29, 1.82) is 0 Å². The molecule has 0 saturated carbocycles. The fourth-order valence-corrected chi connectivity index (χ4v) is 3.47. The number of nitrogens with one attached hydrogen (secondary N) is 1. The highest BCUT2D eigenvalue weighted by Crippen LogP contribution is 2.20. The topological polar surface area (TPSA) is 58.6 Å².